The van der Waals surface area contributed by atoms with Gasteiger partial charge in [0.05, 0.1) is 23.5 Å². The number of ether oxygens (including phenoxy) is 1. The highest BCUT2D eigenvalue weighted by Crippen LogP contribution is 2.11. The molecule has 0 aliphatic heterocycles. The van der Waals surface area contributed by atoms with Gasteiger partial charge in [-0.05, 0) is 20.3 Å². The van der Waals surface area contributed by atoms with Crippen LogP contribution in [0.1, 0.15) is 34.1 Å². The van der Waals surface area contributed by atoms with Crippen molar-refractivity contribution in [2.45, 2.75) is 39.4 Å². The van der Waals surface area contributed by atoms with E-state index in [1.807, 2.05) is 6.92 Å². The molecule has 0 amide bonds. The van der Waals surface area contributed by atoms with E-state index in [4.69, 9.17) is 4.74 Å². The van der Waals surface area contributed by atoms with Crippen molar-refractivity contribution in [1.29, 1.82) is 0 Å². The lowest BCUT2D eigenvalue weighted by Crippen LogP contribution is -2.28. The first kappa shape index (κ1) is 14.4. The summed E-state index contributed by atoms with van der Waals surface area (Å²) in [6, 6.07) is 0. The molecule has 90 valence electrons. The minimum Gasteiger partial charge on any atom is -0.466 e. The largest absolute Gasteiger partial charge is 0.466 e. The van der Waals surface area contributed by atoms with E-state index in [2.05, 4.69) is 0 Å². The van der Waals surface area contributed by atoms with E-state index in [0.717, 1.165) is 0 Å². The van der Waals surface area contributed by atoms with Crippen LogP contribution in [0.3, 0.4) is 0 Å². The fourth-order valence-electron chi connectivity index (χ4n) is 1.12. The first-order chi connectivity index (χ1) is 6.85. The molecule has 0 aromatic carbocycles. The summed E-state index contributed by atoms with van der Waals surface area (Å²) in [7, 11) is -3.17. The topological polar surface area (TPSA) is 60.4 Å². The average molecular weight is 236 g/mol. The van der Waals surface area contributed by atoms with Crippen LogP contribution in [0.25, 0.3) is 0 Å². The molecule has 0 rings (SSSR count). The van der Waals surface area contributed by atoms with Gasteiger partial charge < -0.3 is 4.74 Å². The fraction of sp³-hybridized carbons (Fsp3) is 0.900. The predicted octanol–water partition coefficient (Wildman–Crippen LogP) is 1.40. The van der Waals surface area contributed by atoms with Gasteiger partial charge >= 0.3 is 5.97 Å². The van der Waals surface area contributed by atoms with Crippen molar-refractivity contribution in [1.82, 2.24) is 0 Å². The van der Waals surface area contributed by atoms with Gasteiger partial charge in [-0.3, -0.25) is 4.79 Å². The van der Waals surface area contributed by atoms with E-state index in [1.54, 1.807) is 20.8 Å². The van der Waals surface area contributed by atoms with Gasteiger partial charge in [0.1, 0.15) is 0 Å². The van der Waals surface area contributed by atoms with Crippen molar-refractivity contribution in [3.8, 4) is 0 Å². The Labute approximate surface area is 91.9 Å². The summed E-state index contributed by atoms with van der Waals surface area (Å²) in [6.07, 6.45) is 0.567. The molecule has 0 aliphatic rings. The first-order valence-electron chi connectivity index (χ1n) is 5.23. The van der Waals surface area contributed by atoms with Crippen molar-refractivity contribution >= 4 is 15.8 Å². The van der Waals surface area contributed by atoms with Crippen molar-refractivity contribution < 1.29 is 17.9 Å². The van der Waals surface area contributed by atoms with Gasteiger partial charge in [0.15, 0.2) is 9.84 Å². The van der Waals surface area contributed by atoms with Gasteiger partial charge in [-0.2, -0.15) is 0 Å². The van der Waals surface area contributed by atoms with Gasteiger partial charge in [0.25, 0.3) is 0 Å². The van der Waals surface area contributed by atoms with Crippen LogP contribution in [-0.4, -0.2) is 32.0 Å². The Morgan fingerprint density at radius 2 is 1.80 bits per heavy atom. The summed E-state index contributed by atoms with van der Waals surface area (Å²) in [5.41, 5.74) is 0. The van der Waals surface area contributed by atoms with Crippen molar-refractivity contribution in [2.24, 2.45) is 5.92 Å². The Morgan fingerprint density at radius 3 is 2.20 bits per heavy atom. The number of rotatable bonds is 6. The number of carbonyl (C=O) groups is 1. The summed E-state index contributed by atoms with van der Waals surface area (Å²) in [6.45, 7) is 7.04. The van der Waals surface area contributed by atoms with Gasteiger partial charge in [0, 0.05) is 0 Å². The smallest absolute Gasteiger partial charge is 0.309 e. The second kappa shape index (κ2) is 6.10. The quantitative estimate of drug-likeness (QED) is 0.654. The predicted molar refractivity (Wildman–Crippen MR) is 59.3 cm³/mol. The Bertz CT molecular complexity index is 295. The Balaban J connectivity index is 4.40. The molecule has 5 heteroatoms. The summed E-state index contributed by atoms with van der Waals surface area (Å²) >= 11 is 0. The third-order valence-corrected chi connectivity index (χ3v) is 4.88. The van der Waals surface area contributed by atoms with Crippen LogP contribution in [0.5, 0.6) is 0 Å². The number of sulfone groups is 1. The SMILES string of the molecule is CCOC(=O)C(C)CS(=O)(=O)C(C)CC. The highest BCUT2D eigenvalue weighted by atomic mass is 32.2. The van der Waals surface area contributed by atoms with Crippen LogP contribution >= 0.6 is 0 Å². The van der Waals surface area contributed by atoms with Gasteiger partial charge in [-0.25, -0.2) is 8.42 Å². The van der Waals surface area contributed by atoms with Gasteiger partial charge in [-0.15, -0.1) is 0 Å². The molecule has 2 unspecified atom stereocenters. The fourth-order valence-corrected chi connectivity index (χ4v) is 2.79. The van der Waals surface area contributed by atoms with Crippen LogP contribution < -0.4 is 0 Å². The third kappa shape index (κ3) is 4.64. The number of hydrogen-bond acceptors (Lipinski definition) is 4. The lowest BCUT2D eigenvalue weighted by Gasteiger charge is -2.14. The molecule has 0 aromatic rings. The molecule has 4 nitrogen and oxygen atoms in total. The summed E-state index contributed by atoms with van der Waals surface area (Å²) in [5.74, 6) is -1.14. The number of carbonyl (C=O) groups excluding carboxylic acids is 1. The van der Waals surface area contributed by atoms with E-state index >= 15 is 0 Å². The molecule has 0 aromatic heterocycles. The third-order valence-electron chi connectivity index (χ3n) is 2.36. The molecule has 0 heterocycles. The van der Waals surface area contributed by atoms with E-state index in [0.29, 0.717) is 6.42 Å². The molecule has 0 radical (unpaired) electrons. The highest BCUT2D eigenvalue weighted by molar-refractivity contribution is 7.92. The molecule has 0 spiro atoms. The Kier molecular flexibility index (Phi) is 5.87. The zero-order valence-electron chi connectivity index (χ0n) is 9.82. The van der Waals surface area contributed by atoms with Crippen molar-refractivity contribution in [3.05, 3.63) is 0 Å². The lowest BCUT2D eigenvalue weighted by molar-refractivity contribution is -0.146. The van der Waals surface area contributed by atoms with E-state index in [1.165, 1.54) is 0 Å². The monoisotopic (exact) mass is 236 g/mol. The number of esters is 1. The zero-order chi connectivity index (χ0) is 12.1. The molecule has 0 aliphatic carbocycles. The Hall–Kier alpha value is -0.580. The molecular formula is C10H20O4S. The maximum atomic E-state index is 11.7. The van der Waals surface area contributed by atoms with E-state index in [-0.39, 0.29) is 12.4 Å². The van der Waals surface area contributed by atoms with Crippen molar-refractivity contribution in [2.75, 3.05) is 12.4 Å². The van der Waals surface area contributed by atoms with Gasteiger partial charge in [0.2, 0.25) is 0 Å². The molecule has 2 atom stereocenters. The van der Waals surface area contributed by atoms with Crippen molar-refractivity contribution in [3.63, 3.8) is 0 Å². The zero-order valence-corrected chi connectivity index (χ0v) is 10.6. The maximum absolute atomic E-state index is 11.7. The van der Waals surface area contributed by atoms with E-state index < -0.39 is 27.0 Å². The molecule has 0 bridgehead atoms. The van der Waals surface area contributed by atoms with Crippen LogP contribution in [-0.2, 0) is 19.4 Å². The highest BCUT2D eigenvalue weighted by Gasteiger charge is 2.26. The van der Waals surface area contributed by atoms with Crippen LogP contribution in [0.15, 0.2) is 0 Å². The van der Waals surface area contributed by atoms with Crippen LogP contribution in [0.2, 0.25) is 0 Å². The first-order valence-corrected chi connectivity index (χ1v) is 6.94. The minimum atomic E-state index is -3.17. The molecule has 0 fully saturated rings. The second-order valence-corrected chi connectivity index (χ2v) is 6.17. The second-order valence-electron chi connectivity index (χ2n) is 3.70. The molecule has 0 saturated heterocycles. The lowest BCUT2D eigenvalue weighted by atomic mass is 10.2. The summed E-state index contributed by atoms with van der Waals surface area (Å²) < 4.78 is 28.1. The van der Waals surface area contributed by atoms with Gasteiger partial charge in [-0.1, -0.05) is 13.8 Å². The minimum absolute atomic E-state index is 0.124. The number of hydrogen-bond donors (Lipinski definition) is 0. The standard InChI is InChI=1S/C10H20O4S/c1-5-9(4)15(12,13)7-8(3)10(11)14-6-2/h8-9H,5-7H2,1-4H3. The van der Waals surface area contributed by atoms with Crippen LogP contribution in [0, 0.1) is 5.92 Å². The Morgan fingerprint density at radius 1 is 1.27 bits per heavy atom. The summed E-state index contributed by atoms with van der Waals surface area (Å²) in [5, 5.41) is -0.394. The molecule has 15 heavy (non-hydrogen) atoms. The van der Waals surface area contributed by atoms with Crippen LogP contribution in [0.4, 0.5) is 0 Å². The maximum Gasteiger partial charge on any atom is 0.309 e. The normalized spacial score (nSPS) is 15.7. The average Bonchev–Trinajstić information content (AvgIpc) is 2.16. The molecular weight excluding hydrogens is 216 g/mol. The molecule has 0 N–H and O–H groups in total. The van der Waals surface area contributed by atoms with E-state index in [9.17, 15) is 13.2 Å². The summed E-state index contributed by atoms with van der Waals surface area (Å²) in [4.78, 5) is 11.2. The molecule has 0 saturated carbocycles.